The summed E-state index contributed by atoms with van der Waals surface area (Å²) in [5, 5.41) is 0. The molecule has 0 aliphatic rings. The molecule has 0 saturated heterocycles. The highest BCUT2D eigenvalue weighted by Crippen LogP contribution is 2.21. The molecule has 0 bridgehead atoms. The third-order valence-electron chi connectivity index (χ3n) is 4.52. The van der Waals surface area contributed by atoms with Gasteiger partial charge in [-0.05, 0) is 48.6 Å². The minimum atomic E-state index is -0.461. The third-order valence-corrected chi connectivity index (χ3v) is 6.45. The number of fused-ring (bicyclic) bond motifs is 1. The summed E-state index contributed by atoms with van der Waals surface area (Å²) in [6.45, 7) is 4.01. The molecule has 0 spiro atoms. The number of thioether (sulfide) groups is 1. The predicted octanol–water partition coefficient (Wildman–Crippen LogP) is 3.83. The van der Waals surface area contributed by atoms with Crippen LogP contribution in [-0.2, 0) is 32.0 Å². The average Bonchev–Trinajstić information content (AvgIpc) is 3.11. The molecule has 168 valence electrons. The average molecular weight is 473 g/mol. The maximum absolute atomic E-state index is 12.7. The molecule has 2 aromatic carbocycles. The first-order valence-corrected chi connectivity index (χ1v) is 11.9. The number of benzene rings is 2. The van der Waals surface area contributed by atoms with Crippen molar-refractivity contribution in [3.63, 3.8) is 0 Å². The number of thiazole rings is 1. The zero-order valence-corrected chi connectivity index (χ0v) is 19.8. The van der Waals surface area contributed by atoms with E-state index in [1.54, 1.807) is 41.5 Å². The highest BCUT2D eigenvalue weighted by molar-refractivity contribution is 7.99. The number of rotatable bonds is 8. The molecule has 0 fully saturated rings. The van der Waals surface area contributed by atoms with Gasteiger partial charge in [-0.1, -0.05) is 30.4 Å². The summed E-state index contributed by atoms with van der Waals surface area (Å²) in [6, 6.07) is 12.8. The Kier molecular flexibility index (Phi) is 8.24. The summed E-state index contributed by atoms with van der Waals surface area (Å²) in [5.74, 6) is -0.229. The summed E-state index contributed by atoms with van der Waals surface area (Å²) in [7, 11) is 1.30. The summed E-state index contributed by atoms with van der Waals surface area (Å²) >= 11 is 2.97. The molecule has 9 heteroatoms. The van der Waals surface area contributed by atoms with E-state index in [2.05, 4.69) is 11.9 Å². The lowest BCUT2D eigenvalue weighted by molar-refractivity contribution is -0.141. The van der Waals surface area contributed by atoms with E-state index in [4.69, 9.17) is 9.47 Å². The van der Waals surface area contributed by atoms with Crippen LogP contribution < -0.4 is 4.80 Å². The Morgan fingerprint density at radius 3 is 2.50 bits per heavy atom. The van der Waals surface area contributed by atoms with Crippen molar-refractivity contribution in [2.75, 3.05) is 19.5 Å². The molecule has 1 aromatic heterocycles. The number of amides is 1. The van der Waals surface area contributed by atoms with Crippen molar-refractivity contribution in [2.45, 2.75) is 31.7 Å². The van der Waals surface area contributed by atoms with Crippen LogP contribution in [-0.4, -0.2) is 41.9 Å². The normalized spacial score (nSPS) is 11.5. The molecule has 3 rings (SSSR count). The Morgan fingerprint density at radius 1 is 1.09 bits per heavy atom. The van der Waals surface area contributed by atoms with Crippen molar-refractivity contribution in [2.24, 2.45) is 4.99 Å². The van der Waals surface area contributed by atoms with Crippen molar-refractivity contribution in [1.82, 2.24) is 4.57 Å². The number of hydrogen-bond acceptors (Lipinski definition) is 7. The molecular weight excluding hydrogens is 448 g/mol. The van der Waals surface area contributed by atoms with Gasteiger partial charge in [0.1, 0.15) is 6.54 Å². The minimum absolute atomic E-state index is 0.0930. The van der Waals surface area contributed by atoms with E-state index in [0.717, 1.165) is 16.2 Å². The first kappa shape index (κ1) is 23.7. The van der Waals surface area contributed by atoms with Gasteiger partial charge in [0.2, 0.25) is 0 Å². The van der Waals surface area contributed by atoms with Gasteiger partial charge in [-0.25, -0.2) is 4.79 Å². The molecule has 0 aliphatic heterocycles. The zero-order valence-electron chi connectivity index (χ0n) is 18.1. The molecule has 1 heterocycles. The lowest BCUT2D eigenvalue weighted by atomic mass is 10.1. The molecule has 0 unspecified atom stereocenters. The SMILES string of the molecule is CCOC(=O)c1ccc2c(c1)sc(=NC(=O)Cc1ccc(SCC)cc1)n2CC(=O)OC. The van der Waals surface area contributed by atoms with Gasteiger partial charge in [-0.2, -0.15) is 4.99 Å². The van der Waals surface area contributed by atoms with Crippen LogP contribution in [0.1, 0.15) is 29.8 Å². The van der Waals surface area contributed by atoms with Crippen LogP contribution in [0.2, 0.25) is 0 Å². The number of esters is 2. The lowest BCUT2D eigenvalue weighted by Crippen LogP contribution is -2.22. The Hall–Kier alpha value is -2.91. The Morgan fingerprint density at radius 2 is 1.84 bits per heavy atom. The molecule has 0 aliphatic carbocycles. The maximum atomic E-state index is 12.7. The fourth-order valence-corrected chi connectivity index (χ4v) is 4.79. The quantitative estimate of drug-likeness (QED) is 0.366. The minimum Gasteiger partial charge on any atom is -0.468 e. The molecule has 0 saturated carbocycles. The molecule has 0 atom stereocenters. The Bertz CT molecular complexity index is 1200. The van der Waals surface area contributed by atoms with Gasteiger partial charge >= 0.3 is 11.9 Å². The maximum Gasteiger partial charge on any atom is 0.338 e. The second kappa shape index (κ2) is 11.1. The summed E-state index contributed by atoms with van der Waals surface area (Å²) in [4.78, 5) is 42.5. The first-order valence-electron chi connectivity index (χ1n) is 10.1. The van der Waals surface area contributed by atoms with Crippen molar-refractivity contribution < 1.29 is 23.9 Å². The standard InChI is InChI=1S/C23H24N2O5S2/c1-4-30-22(28)16-8-11-18-19(13-16)32-23(25(18)14-21(27)29-3)24-20(26)12-15-6-9-17(10-7-15)31-5-2/h6-11,13H,4-5,12,14H2,1-3H3. The fourth-order valence-electron chi connectivity index (χ4n) is 3.04. The number of aromatic nitrogens is 1. The highest BCUT2D eigenvalue weighted by Gasteiger charge is 2.15. The second-order valence-electron chi connectivity index (χ2n) is 6.71. The highest BCUT2D eigenvalue weighted by atomic mass is 32.2. The van der Waals surface area contributed by atoms with Crippen molar-refractivity contribution >= 4 is 51.2 Å². The van der Waals surface area contributed by atoms with Gasteiger partial charge in [0.25, 0.3) is 5.91 Å². The topological polar surface area (TPSA) is 87.0 Å². The van der Waals surface area contributed by atoms with E-state index in [1.807, 2.05) is 24.3 Å². The largest absolute Gasteiger partial charge is 0.468 e. The van der Waals surface area contributed by atoms with Gasteiger partial charge in [0.05, 0.1) is 35.9 Å². The van der Waals surface area contributed by atoms with E-state index < -0.39 is 11.9 Å². The van der Waals surface area contributed by atoms with Gasteiger partial charge in [0, 0.05) is 4.90 Å². The summed E-state index contributed by atoms with van der Waals surface area (Å²) in [6.07, 6.45) is 0.150. The van der Waals surface area contributed by atoms with Crippen molar-refractivity contribution in [3.8, 4) is 0 Å². The van der Waals surface area contributed by atoms with E-state index in [1.165, 1.54) is 18.4 Å². The Labute approximate surface area is 194 Å². The van der Waals surface area contributed by atoms with Crippen LogP contribution in [0.25, 0.3) is 10.2 Å². The number of hydrogen-bond donors (Lipinski definition) is 0. The number of carbonyl (C=O) groups is 3. The smallest absolute Gasteiger partial charge is 0.338 e. The van der Waals surface area contributed by atoms with Gasteiger partial charge in [0.15, 0.2) is 4.80 Å². The van der Waals surface area contributed by atoms with Crippen LogP contribution in [0.15, 0.2) is 52.4 Å². The van der Waals surface area contributed by atoms with Crippen molar-refractivity contribution in [3.05, 3.63) is 58.4 Å². The summed E-state index contributed by atoms with van der Waals surface area (Å²) < 4.78 is 12.2. The van der Waals surface area contributed by atoms with E-state index in [0.29, 0.717) is 20.6 Å². The molecular formula is C23H24N2O5S2. The van der Waals surface area contributed by atoms with Gasteiger partial charge in [-0.3, -0.25) is 9.59 Å². The number of carbonyl (C=O) groups excluding carboxylic acids is 3. The zero-order chi connectivity index (χ0) is 23.1. The molecule has 7 nitrogen and oxygen atoms in total. The monoisotopic (exact) mass is 472 g/mol. The second-order valence-corrected chi connectivity index (χ2v) is 9.06. The lowest BCUT2D eigenvalue weighted by Gasteiger charge is -2.05. The van der Waals surface area contributed by atoms with Crippen LogP contribution in [0.4, 0.5) is 0 Å². The van der Waals surface area contributed by atoms with Crippen LogP contribution in [0.3, 0.4) is 0 Å². The van der Waals surface area contributed by atoms with Gasteiger partial charge in [-0.15, -0.1) is 11.8 Å². The number of ether oxygens (including phenoxy) is 2. The predicted molar refractivity (Wildman–Crippen MR) is 125 cm³/mol. The first-order chi connectivity index (χ1) is 15.4. The fraction of sp³-hybridized carbons (Fsp3) is 0.304. The summed E-state index contributed by atoms with van der Waals surface area (Å²) in [5.41, 5.74) is 1.94. The van der Waals surface area contributed by atoms with Gasteiger partial charge < -0.3 is 14.0 Å². The van der Waals surface area contributed by atoms with E-state index in [9.17, 15) is 14.4 Å². The molecule has 0 N–H and O–H groups in total. The third kappa shape index (κ3) is 5.86. The van der Waals surface area contributed by atoms with Crippen molar-refractivity contribution in [1.29, 1.82) is 0 Å². The molecule has 32 heavy (non-hydrogen) atoms. The van der Waals surface area contributed by atoms with Crippen LogP contribution in [0, 0.1) is 0 Å². The molecule has 3 aromatic rings. The molecule has 1 amide bonds. The number of methoxy groups -OCH3 is 1. The van der Waals surface area contributed by atoms with E-state index in [-0.39, 0.29) is 25.5 Å². The molecule has 0 radical (unpaired) electrons. The number of nitrogens with zero attached hydrogens (tertiary/aromatic N) is 2. The van der Waals surface area contributed by atoms with E-state index >= 15 is 0 Å². The van der Waals surface area contributed by atoms with Crippen LogP contribution in [0.5, 0.6) is 0 Å². The Balaban J connectivity index is 1.95. The van der Waals surface area contributed by atoms with Crippen LogP contribution >= 0.6 is 23.1 Å².